The number of fused-ring (bicyclic) bond motifs is 1. The van der Waals surface area contributed by atoms with E-state index in [1.165, 1.54) is 7.11 Å². The van der Waals surface area contributed by atoms with E-state index in [1.807, 2.05) is 31.2 Å². The molecule has 0 bridgehead atoms. The Labute approximate surface area is 153 Å². The van der Waals surface area contributed by atoms with Crippen LogP contribution in [0.3, 0.4) is 0 Å². The monoisotopic (exact) mass is 357 g/mol. The summed E-state index contributed by atoms with van der Waals surface area (Å²) in [7, 11) is 1.54. The van der Waals surface area contributed by atoms with Crippen LogP contribution in [0.5, 0.6) is 23.0 Å². The van der Waals surface area contributed by atoms with E-state index in [-0.39, 0.29) is 5.91 Å². The molecule has 0 aromatic heterocycles. The molecule has 1 aliphatic heterocycles. The summed E-state index contributed by atoms with van der Waals surface area (Å²) in [6.45, 7) is 4.00. The predicted octanol–water partition coefficient (Wildman–Crippen LogP) is 2.97. The molecule has 2 aromatic carbocycles. The highest BCUT2D eigenvalue weighted by Gasteiger charge is 2.20. The van der Waals surface area contributed by atoms with Crippen LogP contribution in [0.4, 0.5) is 0 Å². The van der Waals surface area contributed by atoms with Gasteiger partial charge in [-0.2, -0.15) is 0 Å². The van der Waals surface area contributed by atoms with E-state index in [0.29, 0.717) is 55.6 Å². The van der Waals surface area contributed by atoms with Crippen LogP contribution in [0.15, 0.2) is 36.4 Å². The maximum Gasteiger partial charge on any atom is 0.251 e. The number of ether oxygens (including phenoxy) is 4. The van der Waals surface area contributed by atoms with E-state index in [2.05, 4.69) is 5.32 Å². The Kier molecular flexibility index (Phi) is 5.84. The molecule has 3 rings (SSSR count). The fraction of sp³-hybridized carbons (Fsp3) is 0.350. The van der Waals surface area contributed by atoms with E-state index in [1.54, 1.807) is 12.1 Å². The lowest BCUT2D eigenvalue weighted by molar-refractivity contribution is 0.0949. The van der Waals surface area contributed by atoms with Gasteiger partial charge in [-0.15, -0.1) is 0 Å². The van der Waals surface area contributed by atoms with Gasteiger partial charge in [0.25, 0.3) is 5.91 Å². The van der Waals surface area contributed by atoms with Gasteiger partial charge in [0.2, 0.25) is 5.75 Å². The molecule has 26 heavy (non-hydrogen) atoms. The summed E-state index contributed by atoms with van der Waals surface area (Å²) < 4.78 is 22.1. The molecule has 2 aromatic rings. The summed E-state index contributed by atoms with van der Waals surface area (Å²) in [5.74, 6) is 2.23. The first kappa shape index (κ1) is 17.9. The average Bonchev–Trinajstić information content (AvgIpc) is 2.66. The van der Waals surface area contributed by atoms with E-state index in [9.17, 15) is 4.79 Å². The fourth-order valence-corrected chi connectivity index (χ4v) is 2.68. The molecule has 0 radical (unpaired) electrons. The van der Waals surface area contributed by atoms with Crippen molar-refractivity contribution >= 4 is 5.91 Å². The topological polar surface area (TPSA) is 66.0 Å². The van der Waals surface area contributed by atoms with Crippen molar-refractivity contribution in [2.75, 3.05) is 33.5 Å². The van der Waals surface area contributed by atoms with Crippen LogP contribution in [0.1, 0.15) is 22.3 Å². The first-order valence-electron chi connectivity index (χ1n) is 8.62. The molecule has 6 nitrogen and oxygen atoms in total. The van der Waals surface area contributed by atoms with Crippen molar-refractivity contribution in [3.05, 3.63) is 47.5 Å². The van der Waals surface area contributed by atoms with E-state index in [0.717, 1.165) is 11.3 Å². The third-order valence-corrected chi connectivity index (χ3v) is 3.96. The van der Waals surface area contributed by atoms with Gasteiger partial charge >= 0.3 is 0 Å². The van der Waals surface area contributed by atoms with Crippen molar-refractivity contribution in [3.63, 3.8) is 0 Å². The number of amides is 1. The zero-order valence-corrected chi connectivity index (χ0v) is 15.0. The van der Waals surface area contributed by atoms with Gasteiger partial charge < -0.3 is 24.3 Å². The lowest BCUT2D eigenvalue weighted by atomic mass is 10.1. The van der Waals surface area contributed by atoms with Crippen LogP contribution in [0.25, 0.3) is 0 Å². The van der Waals surface area contributed by atoms with Crippen LogP contribution in [0, 0.1) is 6.92 Å². The van der Waals surface area contributed by atoms with Crippen LogP contribution in [-0.4, -0.2) is 39.4 Å². The maximum atomic E-state index is 12.4. The average molecular weight is 357 g/mol. The molecule has 1 N–H and O–H groups in total. The molecule has 0 saturated carbocycles. The Bertz CT molecular complexity index is 758. The van der Waals surface area contributed by atoms with Crippen LogP contribution >= 0.6 is 0 Å². The molecular formula is C20H23NO5. The molecule has 0 spiro atoms. The number of carbonyl (C=O) groups is 1. The number of rotatable bonds is 7. The quantitative estimate of drug-likeness (QED) is 0.772. The summed E-state index contributed by atoms with van der Waals surface area (Å²) in [4.78, 5) is 12.4. The number of hydrogen-bond acceptors (Lipinski definition) is 5. The highest BCUT2D eigenvalue weighted by Crippen LogP contribution is 2.40. The minimum Gasteiger partial charge on any atom is -0.494 e. The number of aryl methyl sites for hydroxylation is 1. The Morgan fingerprint density at radius 3 is 2.85 bits per heavy atom. The fourth-order valence-electron chi connectivity index (χ4n) is 2.68. The van der Waals surface area contributed by atoms with Crippen LogP contribution in [-0.2, 0) is 0 Å². The molecule has 0 fully saturated rings. The molecule has 0 aliphatic carbocycles. The molecule has 0 saturated heterocycles. The normalized spacial score (nSPS) is 12.4. The molecular weight excluding hydrogens is 334 g/mol. The number of nitrogens with one attached hydrogen (secondary N) is 1. The summed E-state index contributed by atoms with van der Waals surface area (Å²) in [6, 6.07) is 11.2. The standard InChI is InChI=1S/C20H23NO5/c1-14-5-3-6-16(11-14)24-8-4-7-21-20(22)15-12-17(23-2)19-18(13-15)25-9-10-26-19/h3,5-6,11-13H,4,7-10H2,1-2H3,(H,21,22). The summed E-state index contributed by atoms with van der Waals surface area (Å²) in [5.41, 5.74) is 1.63. The lowest BCUT2D eigenvalue weighted by Crippen LogP contribution is -2.26. The zero-order chi connectivity index (χ0) is 18.4. The number of methoxy groups -OCH3 is 1. The lowest BCUT2D eigenvalue weighted by Gasteiger charge is -2.21. The molecule has 1 aliphatic rings. The SMILES string of the molecule is COc1cc(C(=O)NCCCOc2cccc(C)c2)cc2c1OCCO2. The smallest absolute Gasteiger partial charge is 0.251 e. The van der Waals surface area contributed by atoms with Gasteiger partial charge in [-0.25, -0.2) is 0 Å². The second-order valence-electron chi connectivity index (χ2n) is 5.98. The van der Waals surface area contributed by atoms with E-state index >= 15 is 0 Å². The first-order valence-corrected chi connectivity index (χ1v) is 8.62. The van der Waals surface area contributed by atoms with Crippen molar-refractivity contribution in [2.24, 2.45) is 0 Å². The Morgan fingerprint density at radius 1 is 1.19 bits per heavy atom. The minimum atomic E-state index is -0.184. The molecule has 138 valence electrons. The summed E-state index contributed by atoms with van der Waals surface area (Å²) in [5, 5.41) is 2.88. The molecule has 1 amide bonds. The Morgan fingerprint density at radius 2 is 2.04 bits per heavy atom. The van der Waals surface area contributed by atoms with Crippen molar-refractivity contribution in [2.45, 2.75) is 13.3 Å². The Hall–Kier alpha value is -2.89. The third-order valence-electron chi connectivity index (χ3n) is 3.96. The minimum absolute atomic E-state index is 0.184. The molecule has 0 atom stereocenters. The summed E-state index contributed by atoms with van der Waals surface area (Å²) >= 11 is 0. The second kappa shape index (κ2) is 8.47. The van der Waals surface area contributed by atoms with Gasteiger partial charge in [0.05, 0.1) is 13.7 Å². The van der Waals surface area contributed by atoms with Gasteiger partial charge in [0, 0.05) is 12.1 Å². The van der Waals surface area contributed by atoms with Crippen molar-refractivity contribution in [1.29, 1.82) is 0 Å². The van der Waals surface area contributed by atoms with Gasteiger partial charge in [-0.3, -0.25) is 4.79 Å². The predicted molar refractivity (Wildman–Crippen MR) is 97.6 cm³/mol. The van der Waals surface area contributed by atoms with Crippen LogP contribution < -0.4 is 24.3 Å². The Balaban J connectivity index is 1.50. The van der Waals surface area contributed by atoms with Gasteiger partial charge in [0.15, 0.2) is 11.5 Å². The molecule has 1 heterocycles. The number of benzene rings is 2. The van der Waals surface area contributed by atoms with Gasteiger partial charge in [-0.05, 0) is 43.2 Å². The molecule has 6 heteroatoms. The third kappa shape index (κ3) is 4.39. The second-order valence-corrected chi connectivity index (χ2v) is 5.98. The highest BCUT2D eigenvalue weighted by molar-refractivity contribution is 5.95. The van der Waals surface area contributed by atoms with Gasteiger partial charge in [-0.1, -0.05) is 12.1 Å². The number of carbonyl (C=O) groups excluding carboxylic acids is 1. The largest absolute Gasteiger partial charge is 0.494 e. The summed E-state index contributed by atoms with van der Waals surface area (Å²) in [6.07, 6.45) is 0.710. The van der Waals surface area contributed by atoms with Gasteiger partial charge in [0.1, 0.15) is 19.0 Å². The van der Waals surface area contributed by atoms with E-state index in [4.69, 9.17) is 18.9 Å². The first-order chi connectivity index (χ1) is 12.7. The van der Waals surface area contributed by atoms with E-state index < -0.39 is 0 Å². The van der Waals surface area contributed by atoms with Crippen molar-refractivity contribution in [3.8, 4) is 23.0 Å². The zero-order valence-electron chi connectivity index (χ0n) is 15.0. The number of hydrogen-bond donors (Lipinski definition) is 1. The van der Waals surface area contributed by atoms with Crippen molar-refractivity contribution < 1.29 is 23.7 Å². The molecule has 0 unspecified atom stereocenters. The maximum absolute atomic E-state index is 12.4. The van der Waals surface area contributed by atoms with Crippen LogP contribution in [0.2, 0.25) is 0 Å². The highest BCUT2D eigenvalue weighted by atomic mass is 16.6. The van der Waals surface area contributed by atoms with Crippen molar-refractivity contribution in [1.82, 2.24) is 5.32 Å².